The quantitative estimate of drug-likeness (QED) is 0.168. The van der Waals surface area contributed by atoms with Gasteiger partial charge in [0.1, 0.15) is 0 Å². The van der Waals surface area contributed by atoms with E-state index < -0.39 is 7.74 Å². The van der Waals surface area contributed by atoms with Crippen LogP contribution in [0.15, 0.2) is 0 Å². The fraction of sp³-hybridized carbons (Fsp3) is 0. The van der Waals surface area contributed by atoms with Crippen molar-refractivity contribution in [2.24, 2.45) is 0 Å². The van der Waals surface area contributed by atoms with Crippen molar-refractivity contribution in [1.82, 2.24) is 0 Å². The molecule has 0 aromatic carbocycles. The van der Waals surface area contributed by atoms with Gasteiger partial charge < -0.3 is 1.43 Å². The molecule has 0 bridgehead atoms. The predicted octanol–water partition coefficient (Wildman–Crippen LogP) is -5.02. The van der Waals surface area contributed by atoms with E-state index in [1.807, 2.05) is 0 Å². The first-order chi connectivity index (χ1) is 2.47. The van der Waals surface area contributed by atoms with Crippen LogP contribution in [0.2, 0.25) is 0 Å². The molecule has 0 spiro atoms. The number of hydrogen-bond acceptors (Lipinski definition) is 5. The van der Waals surface area contributed by atoms with Crippen molar-refractivity contribution in [3.8, 4) is 0 Å². The fourth-order valence-electron chi connectivity index (χ4n) is 0.0447. The first-order valence-corrected chi connectivity index (χ1v) is 3.06. The summed E-state index contributed by atoms with van der Waals surface area (Å²) in [6, 6.07) is 0. The van der Waals surface area contributed by atoms with E-state index >= 15 is 0 Å². The Labute approximate surface area is 96.0 Å². The maximum atomic E-state index is 7.89. The van der Waals surface area contributed by atoms with Gasteiger partial charge in [-0.3, -0.25) is 0 Å². The molecular formula is H7BiLiO5PV. The Balaban J connectivity index is -0.0000000450. The Morgan fingerprint density at radius 1 is 1.11 bits per heavy atom. The minimum absolute atomic E-state index is 0. The van der Waals surface area contributed by atoms with Gasteiger partial charge in [0.2, 0.25) is 0 Å². The van der Waals surface area contributed by atoms with Crippen LogP contribution in [-0.4, -0.2) is 40.9 Å². The average Bonchev–Trinajstić information content (AvgIpc) is 1.73. The zero-order valence-electron chi connectivity index (χ0n) is 5.76. The molecule has 0 aromatic rings. The van der Waals surface area contributed by atoms with Crippen LogP contribution in [-0.2, 0) is 27.9 Å². The van der Waals surface area contributed by atoms with Crippen molar-refractivity contribution >= 4 is 33.9 Å². The van der Waals surface area contributed by atoms with Crippen LogP contribution in [0.5, 0.6) is 0 Å². The smallest absolute Gasteiger partial charge is 1.00 e. The second kappa shape index (κ2) is 4.35. The van der Waals surface area contributed by atoms with Crippen LogP contribution in [0.1, 0.15) is 1.43 Å². The van der Waals surface area contributed by atoms with Gasteiger partial charge >= 0.3 is 76.8 Å². The predicted molar refractivity (Wildman–Crippen MR) is 26.8 cm³/mol. The zero-order chi connectivity index (χ0) is 4.86. The minimum Gasteiger partial charge on any atom is -1.00 e. The van der Waals surface area contributed by atoms with Crippen LogP contribution in [0, 0.1) is 0 Å². The fourth-order valence-corrected chi connectivity index (χ4v) is 0.402. The van der Waals surface area contributed by atoms with E-state index in [1.165, 1.54) is 0 Å². The van der Waals surface area contributed by atoms with Crippen molar-refractivity contribution in [2.75, 3.05) is 0 Å². The molecule has 0 aliphatic carbocycles. The molecule has 3 N–H and O–H groups in total. The Kier molecular flexibility index (Phi) is 8.41. The van der Waals surface area contributed by atoms with Crippen molar-refractivity contribution in [3.05, 3.63) is 0 Å². The van der Waals surface area contributed by atoms with E-state index in [1.54, 1.807) is 0 Å². The molecule has 1 aliphatic rings. The maximum Gasteiger partial charge on any atom is 1.00 e. The molecule has 1 aliphatic heterocycles. The molecule has 1 rings (SSSR count). The molecule has 1 saturated heterocycles. The second-order valence-electron chi connectivity index (χ2n) is 0.982. The molecule has 9 heteroatoms. The largest absolute Gasteiger partial charge is 1.00 e. The summed E-state index contributed by atoms with van der Waals surface area (Å²) in [6.07, 6.45) is 0. The Hall–Kier alpha value is 2.29. The summed E-state index contributed by atoms with van der Waals surface area (Å²) < 4.78 is 6.76. The molecular weight excluding hydrogens is 378 g/mol. The monoisotopic (exact) mass is 385 g/mol. The summed E-state index contributed by atoms with van der Waals surface area (Å²) in [5, 5.41) is 0. The van der Waals surface area contributed by atoms with Crippen molar-refractivity contribution < 1.29 is 62.9 Å². The summed E-state index contributed by atoms with van der Waals surface area (Å²) in [5.41, 5.74) is 0. The van der Waals surface area contributed by atoms with Crippen molar-refractivity contribution in [2.45, 2.75) is 0 Å². The third-order valence-electron chi connectivity index (χ3n) is 0.275. The van der Waals surface area contributed by atoms with E-state index in [2.05, 4.69) is 9.35 Å². The summed E-state index contributed by atoms with van der Waals surface area (Å²) >= 11 is 0. The van der Waals surface area contributed by atoms with Gasteiger partial charge in [0.15, 0.2) is 0 Å². The summed E-state index contributed by atoms with van der Waals surface area (Å²) in [7, 11) is -4.80. The van der Waals surface area contributed by atoms with E-state index in [0.717, 1.165) is 0 Å². The normalized spacial score (nSPS) is 28.6. The van der Waals surface area contributed by atoms with Gasteiger partial charge in [-0.15, -0.1) is 0 Å². The Morgan fingerprint density at radius 2 is 1.22 bits per heavy atom. The summed E-state index contributed by atoms with van der Waals surface area (Å²) in [6.45, 7) is 0. The molecule has 0 aromatic heterocycles. The summed E-state index contributed by atoms with van der Waals surface area (Å²) in [4.78, 5) is 23.7. The average molecular weight is 385 g/mol. The second-order valence-corrected chi connectivity index (χ2v) is 2.95. The van der Waals surface area contributed by atoms with Crippen molar-refractivity contribution in [3.63, 3.8) is 0 Å². The van der Waals surface area contributed by atoms with Gasteiger partial charge in [-0.25, -0.2) is 0 Å². The number of rotatable bonds is 0. The standard InChI is InChI=1S/Bi.Li.H3O5P.V.4H/c;;1-6(2,3)4-5-6;;;;;/h;;1-3H;;;;;/q;+1;;;;;;-1. The molecule has 5 nitrogen and oxygen atoms in total. The van der Waals surface area contributed by atoms with Crippen LogP contribution in [0.3, 0.4) is 0 Å². The zero-order valence-corrected chi connectivity index (χ0v) is 12.5. The van der Waals surface area contributed by atoms with E-state index in [-0.39, 0.29) is 65.0 Å². The molecule has 1 radical (unpaired) electrons. The Morgan fingerprint density at radius 3 is 1.22 bits per heavy atom. The third-order valence-corrected chi connectivity index (χ3v) is 0.824. The van der Waals surface area contributed by atoms with Crippen molar-refractivity contribution in [1.29, 1.82) is 0 Å². The number of hydrogen-bond donors (Lipinski definition) is 3. The topological polar surface area (TPSA) is 85.8 Å². The molecule has 0 amide bonds. The SMILES string of the molecule is OP1(O)(O)OO1.[BiH3].[H-].[Li+].[V]. The first-order valence-electron chi connectivity index (χ1n) is 1.13. The van der Waals surface area contributed by atoms with Gasteiger partial charge in [-0.1, -0.05) is 0 Å². The molecule has 0 atom stereocenters. The molecule has 0 saturated carbocycles. The minimum atomic E-state index is -4.80. The first kappa shape index (κ1) is 17.4. The van der Waals surface area contributed by atoms with E-state index in [4.69, 9.17) is 14.7 Å². The van der Waals surface area contributed by atoms with Gasteiger partial charge in [0, 0.05) is 18.6 Å². The van der Waals surface area contributed by atoms with Crippen LogP contribution >= 0.6 is 7.74 Å². The van der Waals surface area contributed by atoms with E-state index in [0.29, 0.717) is 0 Å². The van der Waals surface area contributed by atoms with Gasteiger partial charge in [-0.2, -0.15) is 0 Å². The van der Waals surface area contributed by atoms with Crippen LogP contribution in [0.4, 0.5) is 0 Å². The van der Waals surface area contributed by atoms with Gasteiger partial charge in [0.25, 0.3) is 0 Å². The molecule has 0 unspecified atom stereocenters. The van der Waals surface area contributed by atoms with Crippen LogP contribution < -0.4 is 18.9 Å². The van der Waals surface area contributed by atoms with Crippen LogP contribution in [0.25, 0.3) is 0 Å². The Bertz CT molecular complexity index is 85.4. The molecule has 1 fully saturated rings. The molecule has 53 valence electrons. The molecule has 9 heavy (non-hydrogen) atoms. The van der Waals surface area contributed by atoms with Gasteiger partial charge in [-0.05, 0) is 0 Å². The molecule has 1 heterocycles. The maximum absolute atomic E-state index is 7.89. The third kappa shape index (κ3) is 8.20. The van der Waals surface area contributed by atoms with E-state index in [9.17, 15) is 0 Å². The van der Waals surface area contributed by atoms with Gasteiger partial charge in [0.05, 0.1) is 0 Å². The summed E-state index contributed by atoms with van der Waals surface area (Å²) in [5.74, 6) is 0.